The van der Waals surface area contributed by atoms with Gasteiger partial charge in [-0.2, -0.15) is 0 Å². The van der Waals surface area contributed by atoms with Gasteiger partial charge in [-0.1, -0.05) is 45.4 Å². The first-order chi connectivity index (χ1) is 7.70. The van der Waals surface area contributed by atoms with Crippen LogP contribution in [0.5, 0.6) is 0 Å². The highest BCUT2D eigenvalue weighted by molar-refractivity contribution is 5.35. The predicted molar refractivity (Wildman–Crippen MR) is 71.1 cm³/mol. The molecule has 1 aliphatic rings. The number of hydrogen-bond donors (Lipinski definition) is 0. The van der Waals surface area contributed by atoms with Gasteiger partial charge < -0.3 is 0 Å². The van der Waals surface area contributed by atoms with Gasteiger partial charge in [0.1, 0.15) is 0 Å². The Bertz CT molecular complexity index is 325. The van der Waals surface area contributed by atoms with E-state index in [-0.39, 0.29) is 0 Å². The Hall–Kier alpha value is -0.780. The van der Waals surface area contributed by atoms with Crippen LogP contribution in [-0.4, -0.2) is 0 Å². The molecule has 0 atom stereocenters. The molecule has 0 amide bonds. The van der Waals surface area contributed by atoms with Gasteiger partial charge in [0.2, 0.25) is 0 Å². The Labute approximate surface area is 100 Å². The second kappa shape index (κ2) is 5.03. The molecule has 0 aliphatic heterocycles. The SMILES string of the molecule is CCCCc1cc(C(C)C)cc(C2CC2)c1. The maximum atomic E-state index is 2.46. The fourth-order valence-electron chi connectivity index (χ4n) is 2.26. The summed E-state index contributed by atoms with van der Waals surface area (Å²) < 4.78 is 0. The quantitative estimate of drug-likeness (QED) is 0.647. The van der Waals surface area contributed by atoms with Crippen molar-refractivity contribution < 1.29 is 0 Å². The summed E-state index contributed by atoms with van der Waals surface area (Å²) in [7, 11) is 0. The van der Waals surface area contributed by atoms with Gasteiger partial charge in [0.15, 0.2) is 0 Å². The van der Waals surface area contributed by atoms with E-state index >= 15 is 0 Å². The molecule has 1 aromatic rings. The molecule has 0 heterocycles. The zero-order valence-electron chi connectivity index (χ0n) is 10.9. The summed E-state index contributed by atoms with van der Waals surface area (Å²) in [6.07, 6.45) is 6.70. The zero-order valence-corrected chi connectivity index (χ0v) is 10.9. The summed E-state index contributed by atoms with van der Waals surface area (Å²) >= 11 is 0. The van der Waals surface area contributed by atoms with Gasteiger partial charge >= 0.3 is 0 Å². The summed E-state index contributed by atoms with van der Waals surface area (Å²) in [5, 5.41) is 0. The largest absolute Gasteiger partial charge is 0.0654 e. The van der Waals surface area contributed by atoms with Crippen molar-refractivity contribution in [2.45, 2.75) is 64.7 Å². The van der Waals surface area contributed by atoms with Crippen LogP contribution in [0, 0.1) is 0 Å². The van der Waals surface area contributed by atoms with Crippen molar-refractivity contribution in [2.75, 3.05) is 0 Å². The van der Waals surface area contributed by atoms with Crippen LogP contribution < -0.4 is 0 Å². The maximum Gasteiger partial charge on any atom is -0.0161 e. The van der Waals surface area contributed by atoms with Crippen LogP contribution in [0.4, 0.5) is 0 Å². The smallest absolute Gasteiger partial charge is 0.0161 e. The van der Waals surface area contributed by atoms with Crippen LogP contribution in [0.3, 0.4) is 0 Å². The molecular weight excluding hydrogens is 192 g/mol. The summed E-state index contributed by atoms with van der Waals surface area (Å²) in [6, 6.07) is 7.32. The van der Waals surface area contributed by atoms with Crippen molar-refractivity contribution >= 4 is 0 Å². The number of unbranched alkanes of at least 4 members (excludes halogenated alkanes) is 1. The van der Waals surface area contributed by atoms with E-state index in [0.29, 0.717) is 5.92 Å². The van der Waals surface area contributed by atoms with E-state index in [4.69, 9.17) is 0 Å². The minimum Gasteiger partial charge on any atom is -0.0654 e. The minimum absolute atomic E-state index is 0.666. The monoisotopic (exact) mass is 216 g/mol. The molecule has 0 saturated heterocycles. The molecule has 16 heavy (non-hydrogen) atoms. The second-order valence-electron chi connectivity index (χ2n) is 5.54. The third-order valence-electron chi connectivity index (χ3n) is 3.57. The first kappa shape index (κ1) is 11.7. The molecule has 0 radical (unpaired) electrons. The molecule has 0 heteroatoms. The Morgan fingerprint density at radius 1 is 1.19 bits per heavy atom. The average Bonchev–Trinajstić information content (AvgIpc) is 3.09. The highest BCUT2D eigenvalue weighted by atomic mass is 14.3. The van der Waals surface area contributed by atoms with Crippen molar-refractivity contribution in [1.82, 2.24) is 0 Å². The lowest BCUT2D eigenvalue weighted by Gasteiger charge is -2.11. The molecule has 0 unspecified atom stereocenters. The summed E-state index contributed by atoms with van der Waals surface area (Å²) in [6.45, 7) is 6.87. The normalized spacial score (nSPS) is 15.8. The van der Waals surface area contributed by atoms with Crippen molar-refractivity contribution in [3.63, 3.8) is 0 Å². The van der Waals surface area contributed by atoms with Gasteiger partial charge in [-0.25, -0.2) is 0 Å². The molecular formula is C16H24. The van der Waals surface area contributed by atoms with Crippen LogP contribution in [-0.2, 0) is 6.42 Å². The Kier molecular flexibility index (Phi) is 3.68. The first-order valence-electron chi connectivity index (χ1n) is 6.84. The molecule has 0 bridgehead atoms. The zero-order chi connectivity index (χ0) is 11.5. The Morgan fingerprint density at radius 3 is 2.50 bits per heavy atom. The molecule has 1 aliphatic carbocycles. The van der Waals surface area contributed by atoms with E-state index in [9.17, 15) is 0 Å². The average molecular weight is 216 g/mol. The van der Waals surface area contributed by atoms with E-state index < -0.39 is 0 Å². The predicted octanol–water partition coefficient (Wildman–Crippen LogP) is 5.03. The van der Waals surface area contributed by atoms with Gasteiger partial charge in [0, 0.05) is 0 Å². The van der Waals surface area contributed by atoms with E-state index in [2.05, 4.69) is 39.0 Å². The standard InChI is InChI=1S/C16H24/c1-4-5-6-13-9-15(12(2)3)11-16(10-13)14-7-8-14/h9-12,14H,4-8H2,1-3H3. The van der Waals surface area contributed by atoms with Crippen LogP contribution in [0.1, 0.15) is 75.0 Å². The molecule has 0 N–H and O–H groups in total. The van der Waals surface area contributed by atoms with Crippen LogP contribution in [0.25, 0.3) is 0 Å². The van der Waals surface area contributed by atoms with Gasteiger partial charge in [0.25, 0.3) is 0 Å². The second-order valence-corrected chi connectivity index (χ2v) is 5.54. The topological polar surface area (TPSA) is 0 Å². The highest BCUT2D eigenvalue weighted by Crippen LogP contribution is 2.41. The van der Waals surface area contributed by atoms with Crippen molar-refractivity contribution in [1.29, 1.82) is 0 Å². The van der Waals surface area contributed by atoms with Crippen molar-refractivity contribution in [3.8, 4) is 0 Å². The number of hydrogen-bond acceptors (Lipinski definition) is 0. The van der Waals surface area contributed by atoms with Gasteiger partial charge in [-0.05, 0) is 54.2 Å². The van der Waals surface area contributed by atoms with E-state index in [1.807, 2.05) is 0 Å². The molecule has 2 rings (SSSR count). The van der Waals surface area contributed by atoms with E-state index in [1.54, 1.807) is 11.1 Å². The fraction of sp³-hybridized carbons (Fsp3) is 0.625. The van der Waals surface area contributed by atoms with Crippen LogP contribution in [0.2, 0.25) is 0 Å². The molecule has 88 valence electrons. The maximum absolute atomic E-state index is 2.46. The lowest BCUT2D eigenvalue weighted by atomic mass is 9.94. The lowest BCUT2D eigenvalue weighted by Crippen LogP contribution is -1.95. The Morgan fingerprint density at radius 2 is 1.94 bits per heavy atom. The molecule has 0 aromatic heterocycles. The lowest BCUT2D eigenvalue weighted by molar-refractivity contribution is 0.787. The third-order valence-corrected chi connectivity index (χ3v) is 3.57. The van der Waals surface area contributed by atoms with Crippen LogP contribution in [0.15, 0.2) is 18.2 Å². The van der Waals surface area contributed by atoms with Crippen molar-refractivity contribution in [2.24, 2.45) is 0 Å². The Balaban J connectivity index is 2.21. The molecule has 1 saturated carbocycles. The first-order valence-corrected chi connectivity index (χ1v) is 6.84. The highest BCUT2D eigenvalue weighted by Gasteiger charge is 2.24. The number of aryl methyl sites for hydroxylation is 1. The van der Waals surface area contributed by atoms with Gasteiger partial charge in [-0.3, -0.25) is 0 Å². The van der Waals surface area contributed by atoms with Gasteiger partial charge in [-0.15, -0.1) is 0 Å². The summed E-state index contributed by atoms with van der Waals surface area (Å²) in [5.41, 5.74) is 4.71. The molecule has 0 spiro atoms. The number of benzene rings is 1. The summed E-state index contributed by atoms with van der Waals surface area (Å²) in [4.78, 5) is 0. The van der Waals surface area contributed by atoms with Gasteiger partial charge in [0.05, 0.1) is 0 Å². The van der Waals surface area contributed by atoms with E-state index in [1.165, 1.54) is 37.7 Å². The van der Waals surface area contributed by atoms with E-state index in [0.717, 1.165) is 5.92 Å². The third kappa shape index (κ3) is 2.87. The molecule has 0 nitrogen and oxygen atoms in total. The van der Waals surface area contributed by atoms with Crippen LogP contribution >= 0.6 is 0 Å². The minimum atomic E-state index is 0.666. The fourth-order valence-corrected chi connectivity index (χ4v) is 2.26. The number of rotatable bonds is 5. The molecule has 1 aromatic carbocycles. The summed E-state index contributed by atoms with van der Waals surface area (Å²) in [5.74, 6) is 1.55. The molecule has 1 fully saturated rings. The van der Waals surface area contributed by atoms with Crippen molar-refractivity contribution in [3.05, 3.63) is 34.9 Å².